The lowest BCUT2D eigenvalue weighted by Crippen LogP contribution is -2.14. The van der Waals surface area contributed by atoms with Crippen molar-refractivity contribution in [1.29, 1.82) is 0 Å². The lowest BCUT2D eigenvalue weighted by atomic mass is 9.99. The molecule has 0 spiro atoms. The van der Waals surface area contributed by atoms with Crippen LogP contribution in [0.1, 0.15) is 5.76 Å². The number of alkyl halides is 3. The molecule has 0 atom stereocenters. The van der Waals surface area contributed by atoms with Crippen LogP contribution in [-0.4, -0.2) is 13.6 Å². The number of sulfonamides is 1. The number of nitrogens with zero attached hydrogens (tertiary/aromatic N) is 1. The van der Waals surface area contributed by atoms with Gasteiger partial charge in [0.25, 0.3) is 0 Å². The Balaban J connectivity index is 2.26. The van der Waals surface area contributed by atoms with Gasteiger partial charge >= 0.3 is 6.18 Å². The number of halogens is 5. The lowest BCUT2D eigenvalue weighted by Gasteiger charge is -2.09. The summed E-state index contributed by atoms with van der Waals surface area (Å²) in [5.74, 6) is -3.47. The van der Waals surface area contributed by atoms with Crippen LogP contribution >= 0.6 is 0 Å². The summed E-state index contributed by atoms with van der Waals surface area (Å²) >= 11 is 0. The van der Waals surface area contributed by atoms with Crippen LogP contribution in [0.25, 0.3) is 22.4 Å². The van der Waals surface area contributed by atoms with Crippen molar-refractivity contribution in [3.8, 4) is 22.4 Å². The molecule has 27 heavy (non-hydrogen) atoms. The van der Waals surface area contributed by atoms with Gasteiger partial charge in [-0.1, -0.05) is 11.2 Å². The topological polar surface area (TPSA) is 86.2 Å². The summed E-state index contributed by atoms with van der Waals surface area (Å²) in [7, 11) is -4.40. The maximum atomic E-state index is 14.1. The molecule has 0 radical (unpaired) electrons. The summed E-state index contributed by atoms with van der Waals surface area (Å²) < 4.78 is 94.1. The highest BCUT2D eigenvalue weighted by Crippen LogP contribution is 2.43. The van der Waals surface area contributed by atoms with Gasteiger partial charge in [-0.2, -0.15) is 13.2 Å². The standard InChI is InChI=1S/C16H9F5N2O3S/c17-10-4-1-8(2-5-10)14-13(15(26-23-14)16(19,20)21)9-3-6-12(11(18)7-9)27(22,24)25/h1-7H,(H2,22,24,25). The Morgan fingerprint density at radius 3 is 2.07 bits per heavy atom. The normalized spacial score (nSPS) is 12.4. The van der Waals surface area contributed by atoms with Crippen molar-refractivity contribution in [3.05, 3.63) is 59.9 Å². The van der Waals surface area contributed by atoms with Crippen LogP contribution in [0.2, 0.25) is 0 Å². The van der Waals surface area contributed by atoms with E-state index in [-0.39, 0.29) is 16.8 Å². The molecule has 0 fully saturated rings. The van der Waals surface area contributed by atoms with Gasteiger partial charge in [0.2, 0.25) is 15.8 Å². The van der Waals surface area contributed by atoms with E-state index in [9.17, 15) is 30.4 Å². The highest BCUT2D eigenvalue weighted by Gasteiger charge is 2.41. The molecule has 0 aliphatic heterocycles. The summed E-state index contributed by atoms with van der Waals surface area (Å²) in [6.07, 6.45) is -4.96. The molecule has 11 heteroatoms. The number of aromatic nitrogens is 1. The van der Waals surface area contributed by atoms with Crippen LogP contribution in [0.5, 0.6) is 0 Å². The van der Waals surface area contributed by atoms with Gasteiger partial charge in [0, 0.05) is 5.56 Å². The van der Waals surface area contributed by atoms with Crippen LogP contribution in [0.3, 0.4) is 0 Å². The first-order valence-electron chi connectivity index (χ1n) is 7.14. The predicted octanol–water partition coefficient (Wildman–Crippen LogP) is 3.95. The second kappa shape index (κ2) is 6.43. The molecule has 2 aromatic carbocycles. The van der Waals surface area contributed by atoms with Gasteiger partial charge in [-0.15, -0.1) is 0 Å². The zero-order valence-electron chi connectivity index (χ0n) is 13.1. The van der Waals surface area contributed by atoms with E-state index >= 15 is 0 Å². The van der Waals surface area contributed by atoms with E-state index in [0.717, 1.165) is 24.3 Å². The molecule has 0 bridgehead atoms. The summed E-state index contributed by atoms with van der Waals surface area (Å²) in [6.45, 7) is 0. The Labute approximate surface area is 149 Å². The molecular formula is C16H9F5N2O3S. The van der Waals surface area contributed by atoms with Crippen LogP contribution in [0.4, 0.5) is 22.0 Å². The van der Waals surface area contributed by atoms with E-state index in [2.05, 4.69) is 9.68 Å². The van der Waals surface area contributed by atoms with E-state index in [1.807, 2.05) is 0 Å². The second-order valence-corrected chi connectivity index (χ2v) is 6.96. The van der Waals surface area contributed by atoms with Crippen molar-refractivity contribution in [3.63, 3.8) is 0 Å². The van der Waals surface area contributed by atoms with Crippen molar-refractivity contribution >= 4 is 10.0 Å². The molecule has 0 saturated heterocycles. The number of hydrogen-bond donors (Lipinski definition) is 1. The minimum atomic E-state index is -4.96. The average molecular weight is 404 g/mol. The molecule has 0 aliphatic carbocycles. The average Bonchev–Trinajstić information content (AvgIpc) is 2.99. The van der Waals surface area contributed by atoms with E-state index in [1.54, 1.807) is 0 Å². The summed E-state index contributed by atoms with van der Waals surface area (Å²) in [4.78, 5) is -0.875. The summed E-state index contributed by atoms with van der Waals surface area (Å²) in [6, 6.07) is 6.61. The maximum Gasteiger partial charge on any atom is 0.453 e. The SMILES string of the molecule is NS(=O)(=O)c1ccc(-c2c(-c3ccc(F)cc3)noc2C(F)(F)F)cc1F. The number of primary sulfonamides is 1. The van der Waals surface area contributed by atoms with Gasteiger partial charge in [-0.3, -0.25) is 0 Å². The molecule has 1 aromatic heterocycles. The number of rotatable bonds is 3. The van der Waals surface area contributed by atoms with Gasteiger partial charge in [0.1, 0.15) is 22.2 Å². The fraction of sp³-hybridized carbons (Fsp3) is 0.0625. The molecule has 3 rings (SSSR count). The Morgan fingerprint density at radius 2 is 1.56 bits per heavy atom. The van der Waals surface area contributed by atoms with Crippen molar-refractivity contribution in [2.75, 3.05) is 0 Å². The molecule has 2 N–H and O–H groups in total. The summed E-state index contributed by atoms with van der Waals surface area (Å²) in [5.41, 5.74) is -1.19. The number of nitrogens with two attached hydrogens (primary N) is 1. The molecule has 0 amide bonds. The molecule has 5 nitrogen and oxygen atoms in total. The highest BCUT2D eigenvalue weighted by molar-refractivity contribution is 7.89. The molecule has 1 heterocycles. The van der Waals surface area contributed by atoms with Crippen molar-refractivity contribution in [2.45, 2.75) is 11.1 Å². The molecule has 3 aromatic rings. The number of benzene rings is 2. The van der Waals surface area contributed by atoms with Crippen LogP contribution in [0.15, 0.2) is 51.9 Å². The largest absolute Gasteiger partial charge is 0.453 e. The third-order valence-electron chi connectivity index (χ3n) is 3.59. The maximum absolute atomic E-state index is 14.1. The smallest absolute Gasteiger partial charge is 0.350 e. The van der Waals surface area contributed by atoms with Crippen LogP contribution in [0, 0.1) is 11.6 Å². The minimum absolute atomic E-state index is 0.0848. The van der Waals surface area contributed by atoms with Crippen LogP contribution in [-0.2, 0) is 16.2 Å². The Morgan fingerprint density at radius 1 is 0.963 bits per heavy atom. The summed E-state index contributed by atoms with van der Waals surface area (Å²) in [5, 5.41) is 8.22. The zero-order valence-corrected chi connectivity index (χ0v) is 13.9. The fourth-order valence-corrected chi connectivity index (χ4v) is 3.03. The van der Waals surface area contributed by atoms with Gasteiger partial charge in [0.05, 0.1) is 5.56 Å². The van der Waals surface area contributed by atoms with E-state index in [1.165, 1.54) is 12.1 Å². The molecule has 0 unspecified atom stereocenters. The Hall–Kier alpha value is -2.79. The van der Waals surface area contributed by atoms with E-state index < -0.39 is 44.1 Å². The Kier molecular flexibility index (Phi) is 4.52. The lowest BCUT2D eigenvalue weighted by molar-refractivity contribution is -0.154. The predicted molar refractivity (Wildman–Crippen MR) is 83.7 cm³/mol. The highest BCUT2D eigenvalue weighted by atomic mass is 32.2. The molecule has 142 valence electrons. The first-order valence-corrected chi connectivity index (χ1v) is 8.68. The third-order valence-corrected chi connectivity index (χ3v) is 4.54. The molecule has 0 aliphatic rings. The van der Waals surface area contributed by atoms with Gasteiger partial charge in [-0.25, -0.2) is 22.3 Å². The molecular weight excluding hydrogens is 395 g/mol. The third kappa shape index (κ3) is 3.69. The second-order valence-electron chi connectivity index (χ2n) is 5.43. The van der Waals surface area contributed by atoms with Gasteiger partial charge in [-0.05, 0) is 42.0 Å². The van der Waals surface area contributed by atoms with E-state index in [0.29, 0.717) is 6.07 Å². The van der Waals surface area contributed by atoms with Crippen LogP contribution < -0.4 is 5.14 Å². The van der Waals surface area contributed by atoms with Gasteiger partial charge in [0.15, 0.2) is 0 Å². The first-order chi connectivity index (χ1) is 12.5. The number of hydrogen-bond acceptors (Lipinski definition) is 4. The van der Waals surface area contributed by atoms with Crippen molar-refractivity contribution < 1.29 is 34.9 Å². The molecule has 0 saturated carbocycles. The zero-order chi connectivity index (χ0) is 20.0. The van der Waals surface area contributed by atoms with E-state index in [4.69, 9.17) is 5.14 Å². The fourth-order valence-electron chi connectivity index (χ4n) is 2.44. The first kappa shape index (κ1) is 19.0. The monoisotopic (exact) mass is 404 g/mol. The van der Waals surface area contributed by atoms with Crippen molar-refractivity contribution in [1.82, 2.24) is 5.16 Å². The van der Waals surface area contributed by atoms with Crippen molar-refractivity contribution in [2.24, 2.45) is 5.14 Å². The van der Waals surface area contributed by atoms with Gasteiger partial charge < -0.3 is 4.52 Å². The Bertz CT molecular complexity index is 1110. The minimum Gasteiger partial charge on any atom is -0.350 e. The quantitative estimate of drug-likeness (QED) is 0.670.